The molecule has 0 aliphatic rings. The number of ether oxygens (including phenoxy) is 1. The lowest BCUT2D eigenvalue weighted by Gasteiger charge is -2.13. The van der Waals surface area contributed by atoms with Crippen molar-refractivity contribution in [2.24, 2.45) is 0 Å². The van der Waals surface area contributed by atoms with Crippen molar-refractivity contribution in [3.8, 4) is 16.2 Å². The molecule has 1 unspecified atom stereocenters. The van der Waals surface area contributed by atoms with Crippen LogP contribution < -0.4 is 4.74 Å². The first-order chi connectivity index (χ1) is 14.1. The fourth-order valence-corrected chi connectivity index (χ4v) is 4.38. The van der Waals surface area contributed by atoms with E-state index in [-0.39, 0.29) is 12.3 Å². The number of aryl methyl sites for hydroxylation is 1. The number of aliphatic carboxylic acids is 1. The van der Waals surface area contributed by atoms with Gasteiger partial charge in [-0.1, -0.05) is 31.2 Å². The number of benzene rings is 2. The summed E-state index contributed by atoms with van der Waals surface area (Å²) in [4.78, 5) is 12.9. The number of thiophene rings is 1. The second-order valence-corrected chi connectivity index (χ2v) is 8.25. The van der Waals surface area contributed by atoms with Gasteiger partial charge in [0.2, 0.25) is 0 Å². The summed E-state index contributed by atoms with van der Waals surface area (Å²) in [6.07, 6.45) is -4.41. The van der Waals surface area contributed by atoms with Crippen molar-refractivity contribution in [1.29, 1.82) is 0 Å². The highest BCUT2D eigenvalue weighted by Crippen LogP contribution is 2.37. The van der Waals surface area contributed by atoms with E-state index in [9.17, 15) is 18.0 Å². The Morgan fingerprint density at radius 2 is 1.83 bits per heavy atom. The maximum absolute atomic E-state index is 12.8. The molecule has 0 fully saturated rings. The Morgan fingerprint density at radius 3 is 2.47 bits per heavy atom. The quantitative estimate of drug-likeness (QED) is 0.459. The minimum Gasteiger partial charge on any atom is -0.493 e. The molecule has 0 saturated heterocycles. The smallest absolute Gasteiger partial charge is 0.416 e. The van der Waals surface area contributed by atoms with Crippen LogP contribution in [0.3, 0.4) is 0 Å². The Bertz CT molecular complexity index is 1020. The van der Waals surface area contributed by atoms with Crippen LogP contribution in [-0.4, -0.2) is 17.7 Å². The van der Waals surface area contributed by atoms with Crippen LogP contribution in [0.25, 0.3) is 10.4 Å². The molecule has 0 bridgehead atoms. The van der Waals surface area contributed by atoms with Gasteiger partial charge in [0.1, 0.15) is 5.75 Å². The van der Waals surface area contributed by atoms with E-state index in [0.29, 0.717) is 17.9 Å². The van der Waals surface area contributed by atoms with Crippen LogP contribution in [0.15, 0.2) is 54.6 Å². The van der Waals surface area contributed by atoms with Crippen molar-refractivity contribution in [1.82, 2.24) is 0 Å². The highest BCUT2D eigenvalue weighted by molar-refractivity contribution is 7.15. The van der Waals surface area contributed by atoms with E-state index in [1.54, 1.807) is 35.6 Å². The number of alkyl halides is 3. The average Bonchev–Trinajstić information content (AvgIpc) is 3.07. The minimum atomic E-state index is -4.34. The highest BCUT2D eigenvalue weighted by atomic mass is 32.1. The van der Waals surface area contributed by atoms with Gasteiger partial charge < -0.3 is 9.84 Å². The van der Waals surface area contributed by atoms with Crippen LogP contribution in [0.4, 0.5) is 13.2 Å². The Kier molecular flexibility index (Phi) is 6.51. The van der Waals surface area contributed by atoms with Gasteiger partial charge in [-0.2, -0.15) is 13.2 Å². The molecule has 7 heteroatoms. The largest absolute Gasteiger partial charge is 0.493 e. The summed E-state index contributed by atoms with van der Waals surface area (Å²) < 4.78 is 44.2. The predicted molar refractivity (Wildman–Crippen MR) is 111 cm³/mol. The molecule has 1 N–H and O–H groups in total. The van der Waals surface area contributed by atoms with Crippen LogP contribution in [-0.2, 0) is 17.4 Å². The summed E-state index contributed by atoms with van der Waals surface area (Å²) in [5, 5.41) is 8.91. The van der Waals surface area contributed by atoms with Crippen molar-refractivity contribution in [2.45, 2.75) is 32.4 Å². The summed E-state index contributed by atoms with van der Waals surface area (Å²) in [5.41, 5.74) is 1.82. The molecular weight excluding hydrogens is 413 g/mol. The monoisotopic (exact) mass is 434 g/mol. The first kappa shape index (κ1) is 21.9. The van der Waals surface area contributed by atoms with Gasteiger partial charge in [-0.05, 0) is 53.9 Å². The molecule has 0 saturated carbocycles. The number of halogens is 3. The van der Waals surface area contributed by atoms with Crippen LogP contribution in [0.1, 0.15) is 34.4 Å². The fraction of sp³-hybridized carbons (Fsp3) is 0.261. The molecule has 1 aromatic heterocycles. The lowest BCUT2D eigenvalue weighted by atomic mass is 10.1. The van der Waals surface area contributed by atoms with Crippen molar-refractivity contribution >= 4 is 17.3 Å². The van der Waals surface area contributed by atoms with E-state index in [4.69, 9.17) is 9.84 Å². The summed E-state index contributed by atoms with van der Waals surface area (Å²) >= 11 is 1.54. The van der Waals surface area contributed by atoms with Crippen molar-refractivity contribution in [2.75, 3.05) is 6.61 Å². The van der Waals surface area contributed by atoms with Gasteiger partial charge >= 0.3 is 12.1 Å². The van der Waals surface area contributed by atoms with Gasteiger partial charge in [0.25, 0.3) is 0 Å². The number of carboxylic acids is 1. The predicted octanol–water partition coefficient (Wildman–Crippen LogP) is 6.55. The van der Waals surface area contributed by atoms with Crippen LogP contribution in [0.2, 0.25) is 0 Å². The van der Waals surface area contributed by atoms with Gasteiger partial charge in [-0.3, -0.25) is 4.79 Å². The molecule has 158 valence electrons. The molecule has 2 aromatic carbocycles. The Hall–Kier alpha value is -2.80. The van der Waals surface area contributed by atoms with Crippen LogP contribution in [0, 0.1) is 6.92 Å². The minimum absolute atomic E-state index is 0.0622. The molecule has 3 aromatic rings. The molecule has 30 heavy (non-hydrogen) atoms. The second kappa shape index (κ2) is 8.92. The zero-order valence-electron chi connectivity index (χ0n) is 16.5. The van der Waals surface area contributed by atoms with Gasteiger partial charge in [0.05, 0.1) is 18.6 Å². The average molecular weight is 434 g/mol. The van der Waals surface area contributed by atoms with E-state index in [1.165, 1.54) is 12.1 Å². The summed E-state index contributed by atoms with van der Waals surface area (Å²) in [5.74, 6) is -0.218. The SMILES string of the molecule is Cc1cc(-c2ccc(C(F)(F)F)cc2)sc1C(C)COc1cccc(CC(=O)O)c1. The molecule has 0 amide bonds. The molecule has 1 heterocycles. The lowest BCUT2D eigenvalue weighted by molar-refractivity contribution is -0.138. The molecule has 1 atom stereocenters. The molecule has 0 radical (unpaired) electrons. The fourth-order valence-electron chi connectivity index (χ4n) is 3.17. The number of rotatable bonds is 7. The zero-order chi connectivity index (χ0) is 21.9. The highest BCUT2D eigenvalue weighted by Gasteiger charge is 2.30. The van der Waals surface area contributed by atoms with E-state index < -0.39 is 17.7 Å². The second-order valence-electron chi connectivity index (χ2n) is 7.16. The Morgan fingerprint density at radius 1 is 1.13 bits per heavy atom. The maximum Gasteiger partial charge on any atom is 0.416 e. The standard InChI is InChI=1S/C23H21F3O3S/c1-14-10-20(17-6-8-18(9-7-17)23(24,25)26)30-22(14)15(2)13-29-19-5-3-4-16(11-19)12-21(27)28/h3-11,15H,12-13H2,1-2H3,(H,27,28). The summed E-state index contributed by atoms with van der Waals surface area (Å²) in [6, 6.07) is 14.2. The molecule has 0 aliphatic carbocycles. The third-order valence-corrected chi connectivity index (χ3v) is 6.17. The van der Waals surface area contributed by atoms with E-state index in [1.807, 2.05) is 19.9 Å². The normalized spacial score (nSPS) is 12.6. The van der Waals surface area contributed by atoms with Gasteiger partial charge in [0.15, 0.2) is 0 Å². The van der Waals surface area contributed by atoms with Crippen LogP contribution >= 0.6 is 11.3 Å². The number of hydrogen-bond acceptors (Lipinski definition) is 3. The first-order valence-electron chi connectivity index (χ1n) is 9.35. The third kappa shape index (κ3) is 5.42. The lowest BCUT2D eigenvalue weighted by Crippen LogP contribution is -2.07. The van der Waals surface area contributed by atoms with Crippen LogP contribution in [0.5, 0.6) is 5.75 Å². The van der Waals surface area contributed by atoms with Crippen molar-refractivity contribution in [3.63, 3.8) is 0 Å². The third-order valence-electron chi connectivity index (χ3n) is 4.65. The summed E-state index contributed by atoms with van der Waals surface area (Å²) in [7, 11) is 0. The molecule has 0 spiro atoms. The van der Waals surface area contributed by atoms with Gasteiger partial charge in [-0.15, -0.1) is 11.3 Å². The van der Waals surface area contributed by atoms with E-state index >= 15 is 0 Å². The van der Waals surface area contributed by atoms with E-state index in [0.717, 1.165) is 33.0 Å². The van der Waals surface area contributed by atoms with E-state index in [2.05, 4.69) is 0 Å². The number of hydrogen-bond donors (Lipinski definition) is 1. The molecule has 0 aliphatic heterocycles. The maximum atomic E-state index is 12.8. The van der Waals surface area contributed by atoms with Crippen molar-refractivity contribution < 1.29 is 27.8 Å². The van der Waals surface area contributed by atoms with Gasteiger partial charge in [-0.25, -0.2) is 0 Å². The Labute approximate surface area is 176 Å². The first-order valence-corrected chi connectivity index (χ1v) is 10.2. The summed E-state index contributed by atoms with van der Waals surface area (Å²) in [6.45, 7) is 4.41. The number of carboxylic acid groups (broad SMARTS) is 1. The molecule has 3 rings (SSSR count). The zero-order valence-corrected chi connectivity index (χ0v) is 17.3. The molecule has 3 nitrogen and oxygen atoms in total. The van der Waals surface area contributed by atoms with Crippen molar-refractivity contribution in [3.05, 3.63) is 76.2 Å². The van der Waals surface area contributed by atoms with Gasteiger partial charge in [0, 0.05) is 15.7 Å². The topological polar surface area (TPSA) is 46.5 Å². The Balaban J connectivity index is 1.70. The number of carbonyl (C=O) groups is 1. The molecular formula is C23H21F3O3S.